The first-order valence-electron chi connectivity index (χ1n) is 8.68. The average Bonchev–Trinajstić information content (AvgIpc) is 3.22. The van der Waals surface area contributed by atoms with Crippen molar-refractivity contribution in [3.63, 3.8) is 0 Å². The number of aliphatic hydroxyl groups is 1. The van der Waals surface area contributed by atoms with Gasteiger partial charge in [-0.3, -0.25) is 4.99 Å². The molecule has 0 saturated carbocycles. The number of alkyl halides is 3. The lowest BCUT2D eigenvalue weighted by molar-refractivity contribution is -0.272. The Morgan fingerprint density at radius 3 is 2.70 bits per heavy atom. The Morgan fingerprint density at radius 1 is 1.44 bits per heavy atom. The van der Waals surface area contributed by atoms with E-state index in [0.29, 0.717) is 25.7 Å². The monoisotopic (exact) mass is 505 g/mol. The van der Waals surface area contributed by atoms with Crippen LogP contribution in [0.5, 0.6) is 0 Å². The van der Waals surface area contributed by atoms with Crippen LogP contribution in [0.15, 0.2) is 17.4 Å². The highest BCUT2D eigenvalue weighted by molar-refractivity contribution is 14.0. The van der Waals surface area contributed by atoms with Gasteiger partial charge in [-0.25, -0.2) is 4.98 Å². The summed E-state index contributed by atoms with van der Waals surface area (Å²) in [6, 6.07) is 0. The highest BCUT2D eigenvalue weighted by Crippen LogP contribution is 2.40. The molecular weight excluding hydrogens is 478 g/mol. The van der Waals surface area contributed by atoms with Crippen LogP contribution in [0.25, 0.3) is 0 Å². The van der Waals surface area contributed by atoms with Crippen molar-refractivity contribution >= 4 is 29.9 Å². The molecule has 3 N–H and O–H groups in total. The van der Waals surface area contributed by atoms with E-state index in [0.717, 1.165) is 12.8 Å². The van der Waals surface area contributed by atoms with Gasteiger partial charge in [-0.1, -0.05) is 0 Å². The van der Waals surface area contributed by atoms with Gasteiger partial charge in [-0.15, -0.1) is 24.0 Å². The smallest absolute Gasteiger partial charge is 0.376 e. The van der Waals surface area contributed by atoms with Gasteiger partial charge in [0.2, 0.25) is 5.60 Å². The lowest BCUT2D eigenvalue weighted by Gasteiger charge is -2.30. The van der Waals surface area contributed by atoms with E-state index in [-0.39, 0.29) is 36.6 Å². The summed E-state index contributed by atoms with van der Waals surface area (Å²) >= 11 is 0. The third-order valence-electron chi connectivity index (χ3n) is 4.26. The molecule has 7 nitrogen and oxygen atoms in total. The fourth-order valence-corrected chi connectivity index (χ4v) is 2.83. The Balaban J connectivity index is 0.00000364. The van der Waals surface area contributed by atoms with Crippen molar-refractivity contribution in [1.29, 1.82) is 0 Å². The van der Waals surface area contributed by atoms with E-state index in [9.17, 15) is 18.3 Å². The molecule has 156 valence electrons. The standard InChI is InChI=1S/C16H26F3N5O2.HI/c1-3-20-14(23-11-12-5-4-10-26-12)22-7-6-15(25,16(17,18)19)13-21-8-9-24(13)2;/h8-9,12,25H,3-7,10-11H2,1-2H3,(H2,20,22,23);1H. The van der Waals surface area contributed by atoms with E-state index < -0.39 is 24.0 Å². The van der Waals surface area contributed by atoms with Crippen molar-refractivity contribution in [2.45, 2.75) is 44.1 Å². The van der Waals surface area contributed by atoms with Crippen molar-refractivity contribution in [1.82, 2.24) is 20.2 Å². The summed E-state index contributed by atoms with van der Waals surface area (Å²) in [5, 5.41) is 16.1. The zero-order valence-electron chi connectivity index (χ0n) is 15.4. The van der Waals surface area contributed by atoms with Gasteiger partial charge in [0.25, 0.3) is 0 Å². The first-order chi connectivity index (χ1) is 12.3. The van der Waals surface area contributed by atoms with Gasteiger partial charge in [-0.2, -0.15) is 13.2 Å². The Kier molecular flexibility index (Phi) is 9.28. The van der Waals surface area contributed by atoms with E-state index in [1.54, 1.807) is 0 Å². The van der Waals surface area contributed by atoms with Crippen LogP contribution in [0, 0.1) is 0 Å². The number of hydrogen-bond donors (Lipinski definition) is 3. The molecule has 1 fully saturated rings. The maximum atomic E-state index is 13.5. The van der Waals surface area contributed by atoms with Crippen LogP contribution in [0.2, 0.25) is 0 Å². The zero-order valence-corrected chi connectivity index (χ0v) is 17.8. The molecule has 27 heavy (non-hydrogen) atoms. The summed E-state index contributed by atoms with van der Waals surface area (Å²) in [7, 11) is 1.42. The van der Waals surface area contributed by atoms with Gasteiger partial charge in [-0.05, 0) is 19.8 Å². The number of hydrogen-bond acceptors (Lipinski definition) is 4. The molecule has 1 aliphatic heterocycles. The van der Waals surface area contributed by atoms with Gasteiger partial charge in [0.1, 0.15) is 5.82 Å². The Bertz CT molecular complexity index is 605. The first kappa shape index (κ1) is 24.0. The minimum atomic E-state index is -4.85. The quantitative estimate of drug-likeness (QED) is 0.300. The van der Waals surface area contributed by atoms with Crippen LogP contribution in [0.1, 0.15) is 32.0 Å². The third kappa shape index (κ3) is 6.21. The summed E-state index contributed by atoms with van der Waals surface area (Å²) in [6.45, 7) is 3.47. The minimum absolute atomic E-state index is 0. The predicted molar refractivity (Wildman–Crippen MR) is 106 cm³/mol. The third-order valence-corrected chi connectivity index (χ3v) is 4.26. The van der Waals surface area contributed by atoms with E-state index in [4.69, 9.17) is 4.74 Å². The largest absolute Gasteiger partial charge is 0.424 e. The molecule has 1 saturated heterocycles. The lowest BCUT2D eigenvalue weighted by Crippen LogP contribution is -2.48. The first-order valence-corrected chi connectivity index (χ1v) is 8.68. The fraction of sp³-hybridized carbons (Fsp3) is 0.750. The number of halogens is 4. The van der Waals surface area contributed by atoms with Crippen LogP contribution >= 0.6 is 24.0 Å². The van der Waals surface area contributed by atoms with E-state index in [1.807, 2.05) is 6.92 Å². The second kappa shape index (κ2) is 10.5. The number of rotatable bonds is 7. The van der Waals surface area contributed by atoms with E-state index in [1.165, 1.54) is 24.0 Å². The molecule has 1 aliphatic rings. The summed E-state index contributed by atoms with van der Waals surface area (Å²) in [5.74, 6) is -0.0412. The van der Waals surface area contributed by atoms with Crippen LogP contribution in [0.3, 0.4) is 0 Å². The molecule has 11 heteroatoms. The summed E-state index contributed by atoms with van der Waals surface area (Å²) < 4.78 is 47.1. The summed E-state index contributed by atoms with van der Waals surface area (Å²) in [6.07, 6.45) is -0.876. The number of aromatic nitrogens is 2. The molecule has 1 aromatic rings. The van der Waals surface area contributed by atoms with Gasteiger partial charge in [0.15, 0.2) is 5.96 Å². The van der Waals surface area contributed by atoms with Crippen LogP contribution in [0.4, 0.5) is 13.2 Å². The molecule has 0 aliphatic carbocycles. The number of guanidine groups is 1. The van der Waals surface area contributed by atoms with Crippen LogP contribution in [-0.2, 0) is 17.4 Å². The second-order valence-electron chi connectivity index (χ2n) is 6.25. The van der Waals surface area contributed by atoms with E-state index in [2.05, 4.69) is 20.6 Å². The molecule has 1 aromatic heterocycles. The minimum Gasteiger partial charge on any atom is -0.376 e. The number of nitrogens with one attached hydrogen (secondary N) is 2. The van der Waals surface area contributed by atoms with Gasteiger partial charge < -0.3 is 25.0 Å². The predicted octanol–water partition coefficient (Wildman–Crippen LogP) is 1.91. The van der Waals surface area contributed by atoms with E-state index >= 15 is 0 Å². The second-order valence-corrected chi connectivity index (χ2v) is 6.25. The van der Waals surface area contributed by atoms with Crippen molar-refractivity contribution in [3.8, 4) is 0 Å². The Morgan fingerprint density at radius 2 is 2.19 bits per heavy atom. The Labute approximate surface area is 173 Å². The van der Waals surface area contributed by atoms with Crippen molar-refractivity contribution < 1.29 is 23.0 Å². The SMILES string of the molecule is CCNC(=NCC1CCCO1)NCCC(O)(c1nccn1C)C(F)(F)F.I. The van der Waals surface area contributed by atoms with Crippen molar-refractivity contribution in [3.05, 3.63) is 18.2 Å². The maximum absolute atomic E-state index is 13.5. The molecule has 0 spiro atoms. The number of aliphatic imine (C=N–C) groups is 1. The Hall–Kier alpha value is -1.08. The van der Waals surface area contributed by atoms with Crippen LogP contribution < -0.4 is 10.6 Å². The normalized spacial score (nSPS) is 20.1. The van der Waals surface area contributed by atoms with Gasteiger partial charge in [0, 0.05) is 45.6 Å². The van der Waals surface area contributed by atoms with Crippen LogP contribution in [-0.4, -0.2) is 59.1 Å². The lowest BCUT2D eigenvalue weighted by atomic mass is 9.97. The molecule has 2 rings (SSSR count). The molecule has 0 aromatic carbocycles. The molecule has 2 atom stereocenters. The van der Waals surface area contributed by atoms with Gasteiger partial charge in [0.05, 0.1) is 12.6 Å². The average molecular weight is 505 g/mol. The topological polar surface area (TPSA) is 83.7 Å². The summed E-state index contributed by atoms with van der Waals surface area (Å²) in [5.41, 5.74) is -3.04. The van der Waals surface area contributed by atoms with Gasteiger partial charge >= 0.3 is 6.18 Å². The molecule has 0 amide bonds. The molecular formula is C16H27F3IN5O2. The molecule has 2 heterocycles. The number of nitrogens with zero attached hydrogens (tertiary/aromatic N) is 3. The maximum Gasteiger partial charge on any atom is 0.424 e. The number of aryl methyl sites for hydroxylation is 1. The molecule has 0 radical (unpaired) electrons. The van der Waals surface area contributed by atoms with Crippen molar-refractivity contribution in [2.75, 3.05) is 26.2 Å². The molecule has 2 unspecified atom stereocenters. The highest BCUT2D eigenvalue weighted by Gasteiger charge is 2.57. The highest BCUT2D eigenvalue weighted by atomic mass is 127. The zero-order chi connectivity index (χ0) is 19.2. The fourth-order valence-electron chi connectivity index (χ4n) is 2.83. The summed E-state index contributed by atoms with van der Waals surface area (Å²) in [4.78, 5) is 8.02. The molecule has 0 bridgehead atoms. The van der Waals surface area contributed by atoms with Crippen molar-refractivity contribution in [2.24, 2.45) is 12.0 Å². The number of imidazole rings is 1. The number of ether oxygens (including phenoxy) is 1.